The summed E-state index contributed by atoms with van der Waals surface area (Å²) in [6.45, 7) is 1.61. The number of anilines is 1. The molecule has 0 fully saturated rings. The van der Waals surface area contributed by atoms with Gasteiger partial charge in [-0.3, -0.25) is 9.88 Å². The maximum Gasteiger partial charge on any atom is 0.337 e. The smallest absolute Gasteiger partial charge is 0.337 e. The lowest BCUT2D eigenvalue weighted by atomic mass is 9.90. The summed E-state index contributed by atoms with van der Waals surface area (Å²) in [6, 6.07) is 10.6. The lowest BCUT2D eigenvalue weighted by molar-refractivity contribution is 0.0697. The number of carboxylic acids is 1. The summed E-state index contributed by atoms with van der Waals surface area (Å²) in [5.74, 6) is -0.947. The van der Waals surface area contributed by atoms with Gasteiger partial charge in [-0.2, -0.15) is 11.3 Å². The first-order valence-corrected chi connectivity index (χ1v) is 9.84. The summed E-state index contributed by atoms with van der Waals surface area (Å²) >= 11 is 1.71. The van der Waals surface area contributed by atoms with Gasteiger partial charge in [0.05, 0.1) is 23.5 Å². The maximum absolute atomic E-state index is 11.4. The zero-order chi connectivity index (χ0) is 18.8. The van der Waals surface area contributed by atoms with Gasteiger partial charge in [-0.25, -0.2) is 4.79 Å². The van der Waals surface area contributed by atoms with Gasteiger partial charge in [-0.15, -0.1) is 0 Å². The highest BCUT2D eigenvalue weighted by atomic mass is 32.1. The van der Waals surface area contributed by atoms with Gasteiger partial charge >= 0.3 is 5.97 Å². The van der Waals surface area contributed by atoms with Gasteiger partial charge in [0.2, 0.25) is 0 Å². The van der Waals surface area contributed by atoms with Crippen LogP contribution in [0.1, 0.15) is 27.5 Å². The number of fused-ring (bicyclic) bond motifs is 1. The van der Waals surface area contributed by atoms with Crippen LogP contribution in [0, 0.1) is 0 Å². The van der Waals surface area contributed by atoms with Crippen molar-refractivity contribution in [1.29, 1.82) is 0 Å². The number of thiophene rings is 1. The van der Waals surface area contributed by atoms with E-state index in [9.17, 15) is 9.90 Å². The molecule has 1 atom stereocenters. The van der Waals surface area contributed by atoms with E-state index in [2.05, 4.69) is 57.3 Å². The molecule has 0 saturated carbocycles. The summed E-state index contributed by atoms with van der Waals surface area (Å²) in [7, 11) is 2.11. The first-order chi connectivity index (χ1) is 13.1. The average Bonchev–Trinajstić information content (AvgIpc) is 3.22. The number of carboxylic acid groups (broad SMARTS) is 1. The van der Waals surface area contributed by atoms with E-state index in [1.165, 1.54) is 34.5 Å². The first kappa shape index (κ1) is 17.7. The van der Waals surface area contributed by atoms with Gasteiger partial charge in [-0.1, -0.05) is 18.2 Å². The van der Waals surface area contributed by atoms with Crippen LogP contribution in [0.4, 0.5) is 5.69 Å². The van der Waals surface area contributed by atoms with Gasteiger partial charge < -0.3 is 10.4 Å². The van der Waals surface area contributed by atoms with Crippen LogP contribution in [0.15, 0.2) is 53.5 Å². The molecule has 2 aromatic heterocycles. The minimum atomic E-state index is -0.947. The highest BCUT2D eigenvalue weighted by molar-refractivity contribution is 7.08. The van der Waals surface area contributed by atoms with Crippen molar-refractivity contribution in [2.24, 2.45) is 0 Å². The van der Waals surface area contributed by atoms with Crippen molar-refractivity contribution in [2.75, 3.05) is 25.5 Å². The lowest BCUT2D eigenvalue weighted by Gasteiger charge is -2.35. The normalized spacial score (nSPS) is 16.7. The topological polar surface area (TPSA) is 65.5 Å². The van der Waals surface area contributed by atoms with Crippen LogP contribution in [0.3, 0.4) is 0 Å². The Morgan fingerprint density at radius 3 is 3.00 bits per heavy atom. The van der Waals surface area contributed by atoms with Crippen molar-refractivity contribution < 1.29 is 9.90 Å². The molecule has 0 bridgehead atoms. The summed E-state index contributed by atoms with van der Waals surface area (Å²) in [4.78, 5) is 17.8. The van der Waals surface area contributed by atoms with Crippen LogP contribution in [-0.2, 0) is 6.42 Å². The molecule has 27 heavy (non-hydrogen) atoms. The monoisotopic (exact) mass is 379 g/mol. The molecular formula is C21H21N3O2S. The van der Waals surface area contributed by atoms with Crippen molar-refractivity contribution >= 4 is 23.0 Å². The Balaban J connectivity index is 1.58. The van der Waals surface area contributed by atoms with E-state index in [4.69, 9.17) is 0 Å². The van der Waals surface area contributed by atoms with E-state index in [-0.39, 0.29) is 11.6 Å². The molecule has 2 N–H and O–H groups in total. The number of carbonyl (C=O) groups is 1. The molecule has 3 aromatic rings. The molecule has 0 radical (unpaired) electrons. The zero-order valence-corrected chi connectivity index (χ0v) is 15.9. The van der Waals surface area contributed by atoms with Crippen molar-refractivity contribution in [1.82, 2.24) is 9.88 Å². The number of nitrogens with one attached hydrogen (secondary N) is 1. The Hall–Kier alpha value is -2.70. The highest BCUT2D eigenvalue weighted by Crippen LogP contribution is 2.33. The highest BCUT2D eigenvalue weighted by Gasteiger charge is 2.25. The second kappa shape index (κ2) is 7.50. The lowest BCUT2D eigenvalue weighted by Crippen LogP contribution is -2.36. The fourth-order valence-corrected chi connectivity index (χ4v) is 4.30. The van der Waals surface area contributed by atoms with Gasteiger partial charge in [0.25, 0.3) is 0 Å². The molecule has 0 unspecified atom stereocenters. The second-order valence-corrected chi connectivity index (χ2v) is 7.56. The van der Waals surface area contributed by atoms with Crippen LogP contribution >= 0.6 is 11.3 Å². The quantitative estimate of drug-likeness (QED) is 0.697. The molecule has 1 aliphatic heterocycles. The third-order valence-electron chi connectivity index (χ3n) is 5.16. The predicted octanol–water partition coefficient (Wildman–Crippen LogP) is 4.15. The van der Waals surface area contributed by atoms with Crippen molar-refractivity contribution in [3.63, 3.8) is 0 Å². The summed E-state index contributed by atoms with van der Waals surface area (Å²) in [5, 5.41) is 16.9. The molecule has 6 heteroatoms. The molecule has 0 aliphatic carbocycles. The number of aromatic nitrogens is 1. The largest absolute Gasteiger partial charge is 0.478 e. The van der Waals surface area contributed by atoms with Gasteiger partial charge in [0.1, 0.15) is 0 Å². The van der Waals surface area contributed by atoms with E-state index < -0.39 is 5.97 Å². The number of pyridine rings is 1. The van der Waals surface area contributed by atoms with Gasteiger partial charge in [0.15, 0.2) is 0 Å². The van der Waals surface area contributed by atoms with Crippen LogP contribution in [0.25, 0.3) is 11.1 Å². The van der Waals surface area contributed by atoms with Crippen LogP contribution in [-0.4, -0.2) is 41.1 Å². The number of hydrogen-bond acceptors (Lipinski definition) is 5. The number of nitrogens with zero attached hydrogens (tertiary/aromatic N) is 2. The van der Waals surface area contributed by atoms with Crippen LogP contribution in [0.2, 0.25) is 0 Å². The summed E-state index contributed by atoms with van der Waals surface area (Å²) < 4.78 is 0. The van der Waals surface area contributed by atoms with E-state index in [0.717, 1.165) is 13.0 Å². The van der Waals surface area contributed by atoms with Crippen molar-refractivity contribution in [3.8, 4) is 11.1 Å². The summed E-state index contributed by atoms with van der Waals surface area (Å²) in [5.41, 5.74) is 5.99. The number of benzene rings is 1. The Bertz CT molecular complexity index is 956. The van der Waals surface area contributed by atoms with Crippen molar-refractivity contribution in [3.05, 3.63) is 70.2 Å². The SMILES string of the molecule is CN1CCc2cc(-c3ccsc3)ccc2[C@H]1CNc1cnccc1C(=O)O. The molecule has 1 aromatic carbocycles. The Labute approximate surface area is 162 Å². The zero-order valence-electron chi connectivity index (χ0n) is 15.1. The third kappa shape index (κ3) is 3.59. The Morgan fingerprint density at radius 2 is 2.22 bits per heavy atom. The van der Waals surface area contributed by atoms with Gasteiger partial charge in [-0.05, 0) is 58.6 Å². The molecule has 3 heterocycles. The number of likely N-dealkylation sites (N-methyl/N-ethyl adjacent to an activating group) is 1. The molecule has 0 saturated heterocycles. The number of hydrogen-bond donors (Lipinski definition) is 2. The Morgan fingerprint density at radius 1 is 1.33 bits per heavy atom. The Kier molecular flexibility index (Phi) is 4.92. The van der Waals surface area contributed by atoms with E-state index in [0.29, 0.717) is 12.2 Å². The van der Waals surface area contributed by atoms with Crippen molar-refractivity contribution in [2.45, 2.75) is 12.5 Å². The standard InChI is InChI=1S/C21H21N3O2S/c1-24-8-5-15-10-14(16-6-9-27-13-16)2-3-17(15)20(24)12-23-19-11-22-7-4-18(19)21(25)26/h2-4,6-7,9-11,13,20,23H,5,8,12H2,1H3,(H,25,26)/t20-/m1/s1. The molecule has 1 aliphatic rings. The maximum atomic E-state index is 11.4. The second-order valence-electron chi connectivity index (χ2n) is 6.78. The predicted molar refractivity (Wildman–Crippen MR) is 109 cm³/mol. The first-order valence-electron chi connectivity index (χ1n) is 8.90. The molecule has 4 rings (SSSR count). The minimum absolute atomic E-state index is 0.187. The number of rotatable bonds is 5. The fraction of sp³-hybridized carbons (Fsp3) is 0.238. The van der Waals surface area contributed by atoms with E-state index in [1.807, 2.05) is 0 Å². The molecular weight excluding hydrogens is 358 g/mol. The average molecular weight is 379 g/mol. The van der Waals surface area contributed by atoms with Crippen LogP contribution in [0.5, 0.6) is 0 Å². The molecule has 0 spiro atoms. The minimum Gasteiger partial charge on any atom is -0.478 e. The number of aromatic carboxylic acids is 1. The molecule has 0 amide bonds. The molecule has 138 valence electrons. The molecule has 5 nitrogen and oxygen atoms in total. The van der Waals surface area contributed by atoms with Gasteiger partial charge in [0, 0.05) is 19.3 Å². The third-order valence-corrected chi connectivity index (χ3v) is 5.84. The van der Waals surface area contributed by atoms with E-state index >= 15 is 0 Å². The summed E-state index contributed by atoms with van der Waals surface area (Å²) in [6.07, 6.45) is 4.10. The van der Waals surface area contributed by atoms with E-state index in [1.54, 1.807) is 17.5 Å². The van der Waals surface area contributed by atoms with Crippen LogP contribution < -0.4 is 5.32 Å². The fourth-order valence-electron chi connectivity index (χ4n) is 3.64.